The van der Waals surface area contributed by atoms with Crippen LogP contribution in [0.15, 0.2) is 286 Å². The molecule has 0 aliphatic carbocycles. The van der Waals surface area contributed by atoms with Gasteiger partial charge in [-0.25, -0.2) is 26.3 Å². The van der Waals surface area contributed by atoms with Crippen molar-refractivity contribution >= 4 is 53.9 Å². The number of pyridine rings is 2. The largest absolute Gasteiger partial charge is 3.00 e. The summed E-state index contributed by atoms with van der Waals surface area (Å²) in [5.41, 5.74) is 4.04. The van der Waals surface area contributed by atoms with Crippen molar-refractivity contribution in [1.29, 1.82) is 0 Å². The first kappa shape index (κ1) is 68.8. The molecule has 0 amide bonds. The average Bonchev–Trinajstić information content (AvgIpc) is 1.95. The summed E-state index contributed by atoms with van der Waals surface area (Å²) in [5.74, 6) is -4.06. The van der Waals surface area contributed by atoms with Crippen molar-refractivity contribution in [3.8, 4) is 11.4 Å². The molecule has 3 unspecified atom stereocenters. The molecule has 456 valence electrons. The van der Waals surface area contributed by atoms with Gasteiger partial charge < -0.3 is 28.4 Å². The van der Waals surface area contributed by atoms with Gasteiger partial charge in [-0.3, -0.25) is 15.1 Å². The van der Waals surface area contributed by atoms with Gasteiger partial charge in [-0.15, -0.1) is 0 Å². The second kappa shape index (κ2) is 33.2. The Morgan fingerprint density at radius 3 is 0.922 bits per heavy atom. The van der Waals surface area contributed by atoms with E-state index in [0.29, 0.717) is 16.7 Å². The molecule has 12 aromatic rings. The maximum absolute atomic E-state index is 13.9. The van der Waals surface area contributed by atoms with Crippen molar-refractivity contribution < 1.29 is 74.8 Å². The molecule has 10 nitrogen and oxygen atoms in total. The number of aromatic amines is 1. The molecule has 0 aliphatic rings. The normalized spacial score (nSPS) is 12.5. The fourth-order valence-corrected chi connectivity index (χ4v) is 13.9. The fraction of sp³-hybridized carbons (Fsp3) is 0.0429. The third kappa shape index (κ3) is 18.9. The number of nitrogens with one attached hydrogen (secondary N) is 1. The molecule has 1 N–H and O–H groups in total. The first-order chi connectivity index (χ1) is 42.9. The average molecular weight is 1450 g/mol. The van der Waals surface area contributed by atoms with E-state index in [1.165, 1.54) is 72.8 Å². The van der Waals surface area contributed by atoms with Crippen LogP contribution in [-0.4, -0.2) is 20.2 Å². The summed E-state index contributed by atoms with van der Waals surface area (Å²) in [4.78, 5) is 46.5. The van der Waals surface area contributed by atoms with E-state index < -0.39 is 57.0 Å². The van der Waals surface area contributed by atoms with Gasteiger partial charge in [0.2, 0.25) is 0 Å². The minimum Gasteiger partial charge on any atom is -0.793 e. The van der Waals surface area contributed by atoms with Gasteiger partial charge in [0.15, 0.2) is 0 Å². The van der Waals surface area contributed by atoms with E-state index in [4.69, 9.17) is 0 Å². The van der Waals surface area contributed by atoms with Gasteiger partial charge in [0.25, 0.3) is 0 Å². The first-order valence-electron chi connectivity index (χ1n) is 27.3. The quantitative estimate of drug-likeness (QED) is 0.0870. The van der Waals surface area contributed by atoms with Crippen molar-refractivity contribution in [3.05, 3.63) is 354 Å². The maximum atomic E-state index is 13.9. The zero-order chi connectivity index (χ0) is 63.2. The number of hydrogen-bond donors (Lipinski definition) is 1. The third-order valence-corrected chi connectivity index (χ3v) is 19.6. The van der Waals surface area contributed by atoms with Gasteiger partial charge in [0, 0.05) is 94.1 Å². The van der Waals surface area contributed by atoms with E-state index in [1.807, 2.05) is 42.5 Å². The number of halogens is 6. The van der Waals surface area contributed by atoms with Crippen molar-refractivity contribution in [2.45, 2.75) is 19.3 Å². The van der Waals surface area contributed by atoms with Gasteiger partial charge in [-0.05, 0) is 81.9 Å². The molecule has 3 aromatic heterocycles. The molecule has 3 atom stereocenters. The van der Waals surface area contributed by atoms with E-state index in [-0.39, 0.29) is 87.9 Å². The number of nitrogens with zero attached hydrogens (tertiary/aromatic N) is 3. The van der Waals surface area contributed by atoms with Crippen molar-refractivity contribution in [2.24, 2.45) is 0 Å². The molecule has 9 aromatic carbocycles. The van der Waals surface area contributed by atoms with Crippen LogP contribution in [0.4, 0.5) is 26.3 Å². The Morgan fingerprint density at radius 2 is 0.644 bits per heavy atom. The van der Waals surface area contributed by atoms with Gasteiger partial charge >= 0.3 is 20.1 Å². The fourth-order valence-electron chi connectivity index (χ4n) is 8.98. The van der Waals surface area contributed by atoms with Crippen molar-refractivity contribution in [2.75, 3.05) is 0 Å². The van der Waals surface area contributed by atoms with Crippen LogP contribution in [0.5, 0.6) is 0 Å². The summed E-state index contributed by atoms with van der Waals surface area (Å²) in [6.07, 6.45) is 7.18. The monoisotopic (exact) mass is 1450 g/mol. The SMILES string of the molecule is O=P([O-])(c1ccccc1)c1ccccc1Cc1ccc(F)cc1F.O=P([O-])(c1ccccc1)c1ccccc1Cc1ccc(F)cc1F.O=P([O-])(c1ccccc1)c1ccccc1Cc1ccc(F)cc1F.[Ir+3].c1ccc(-c2ccn[nH]2)nc1.c1ccncc1. The smallest absolute Gasteiger partial charge is 0.793 e. The Bertz CT molecular complexity index is 3980. The zero-order valence-corrected chi connectivity index (χ0v) is 52.6. The summed E-state index contributed by atoms with van der Waals surface area (Å²) in [5, 5.41) is 7.75. The minimum atomic E-state index is -4.04. The standard InChI is InChI=1S/3C19H15F2O2P.C8H7N3.C5H5N.Ir/c3*20-16-11-10-14(18(21)13-16)12-15-6-4-5-9-19(15)24(22,23)17-7-2-1-3-8-17;1-2-5-9-7(3-1)8-4-6-10-11-8;1-2-4-6-5-3-1;/h3*1-11,13H,12H2,(H,22,23);1-6H,(H,10,11);1-5H;/q;;;;;+3/p-3. The zero-order valence-electron chi connectivity index (χ0n) is 47.5. The van der Waals surface area contributed by atoms with E-state index in [0.717, 1.165) is 47.8 Å². The topological polar surface area (TPSA) is 175 Å². The van der Waals surface area contributed by atoms with Crippen molar-refractivity contribution in [1.82, 2.24) is 20.2 Å². The van der Waals surface area contributed by atoms with Crippen LogP contribution >= 0.6 is 22.1 Å². The Morgan fingerprint density at radius 1 is 0.333 bits per heavy atom. The van der Waals surface area contributed by atoms with E-state index in [1.54, 1.807) is 134 Å². The molecule has 0 radical (unpaired) electrons. The number of aromatic nitrogens is 4. The van der Waals surface area contributed by atoms with Crippen LogP contribution in [-0.2, 0) is 53.1 Å². The van der Waals surface area contributed by atoms with E-state index in [2.05, 4.69) is 20.2 Å². The molecule has 90 heavy (non-hydrogen) atoms. The predicted molar refractivity (Wildman–Crippen MR) is 333 cm³/mol. The Kier molecular flexibility index (Phi) is 25.4. The van der Waals surface area contributed by atoms with Gasteiger partial charge in [-0.1, -0.05) is 194 Å². The molecule has 0 saturated carbocycles. The minimum absolute atomic E-state index is 0. The third-order valence-electron chi connectivity index (χ3n) is 13.4. The molecule has 3 heterocycles. The summed E-state index contributed by atoms with van der Waals surface area (Å²) in [6.45, 7) is 0. The van der Waals surface area contributed by atoms with Crippen molar-refractivity contribution in [3.63, 3.8) is 0 Å². The van der Waals surface area contributed by atoms with Crippen LogP contribution in [0, 0.1) is 34.9 Å². The van der Waals surface area contributed by atoms with E-state index >= 15 is 0 Å². The summed E-state index contributed by atoms with van der Waals surface area (Å²) in [7, 11) is -12.1. The molecule has 0 aliphatic heterocycles. The molecule has 0 fully saturated rings. The van der Waals surface area contributed by atoms with Crippen LogP contribution in [0.2, 0.25) is 0 Å². The van der Waals surface area contributed by atoms with Crippen LogP contribution in [0.3, 0.4) is 0 Å². The number of rotatable bonds is 13. The van der Waals surface area contributed by atoms with E-state index in [9.17, 15) is 54.7 Å². The summed E-state index contributed by atoms with van der Waals surface area (Å²) < 4.78 is 119. The Balaban J connectivity index is 0.000000169. The Hall–Kier alpha value is -8.71. The first-order valence-corrected chi connectivity index (χ1v) is 32.2. The summed E-state index contributed by atoms with van der Waals surface area (Å²) >= 11 is 0. The second-order valence-electron chi connectivity index (χ2n) is 19.5. The molecule has 0 bridgehead atoms. The van der Waals surface area contributed by atoms with Crippen LogP contribution in [0.25, 0.3) is 11.4 Å². The predicted octanol–water partition coefficient (Wildman–Crippen LogP) is 12.0. The van der Waals surface area contributed by atoms with Crippen LogP contribution < -0.4 is 46.5 Å². The number of benzene rings is 9. The maximum Gasteiger partial charge on any atom is 3.00 e. The van der Waals surface area contributed by atoms with Crippen LogP contribution in [0.1, 0.15) is 33.4 Å². The number of hydrogen-bond acceptors (Lipinski definition) is 9. The molecular formula is C70H54F6IrN4O6P3. The Labute approximate surface area is 530 Å². The molecule has 12 rings (SSSR count). The number of H-pyrrole nitrogens is 1. The van der Waals surface area contributed by atoms with Gasteiger partial charge in [0.05, 0.1) is 33.5 Å². The second-order valence-corrected chi connectivity index (χ2v) is 25.8. The molecule has 0 spiro atoms. The molecule has 20 heteroatoms. The van der Waals surface area contributed by atoms with Gasteiger partial charge in [-0.2, -0.15) is 5.10 Å². The molecule has 0 saturated heterocycles. The molecular weight excluding hydrogens is 1390 g/mol. The van der Waals surface area contributed by atoms with Gasteiger partial charge in [0.1, 0.15) is 34.9 Å². The summed E-state index contributed by atoms with van der Waals surface area (Å²) in [6, 6.07) is 67.1.